The SMILES string of the molecule is CC/C=C\C/C=C\C/C=C\C/C=C\C/C=C\C/C=C\CCCCCCCCCCCCCCCCCCCCC(=O)NC(CO)C(O)/C=C/CCCCCCCCCCCCCCCCCCCCCCCCCCCCCCC. The second kappa shape index (κ2) is 70.8. The van der Waals surface area contributed by atoms with Gasteiger partial charge >= 0.3 is 0 Å². The van der Waals surface area contributed by atoms with Crippen molar-refractivity contribution in [2.75, 3.05) is 6.61 Å². The second-order valence-corrected chi connectivity index (χ2v) is 24.3. The van der Waals surface area contributed by atoms with E-state index in [-0.39, 0.29) is 12.5 Å². The predicted octanol–water partition coefficient (Wildman–Crippen LogP) is 24.6. The van der Waals surface area contributed by atoms with E-state index >= 15 is 0 Å². The van der Waals surface area contributed by atoms with Crippen molar-refractivity contribution in [3.05, 3.63) is 85.1 Å². The van der Waals surface area contributed by atoms with Gasteiger partial charge in [0, 0.05) is 6.42 Å². The van der Waals surface area contributed by atoms with Gasteiger partial charge in [0.25, 0.3) is 0 Å². The molecule has 0 heterocycles. The van der Waals surface area contributed by atoms with Crippen LogP contribution in [0.25, 0.3) is 0 Å². The highest BCUT2D eigenvalue weighted by Crippen LogP contribution is 2.19. The van der Waals surface area contributed by atoms with Gasteiger partial charge in [-0.05, 0) is 70.6 Å². The molecule has 2 atom stereocenters. The topological polar surface area (TPSA) is 69.6 Å². The molecule has 0 aromatic carbocycles. The quantitative estimate of drug-likeness (QED) is 0.0420. The molecule has 2 unspecified atom stereocenters. The first-order chi connectivity index (χ1) is 39.7. The zero-order chi connectivity index (χ0) is 57.6. The summed E-state index contributed by atoms with van der Waals surface area (Å²) < 4.78 is 0. The van der Waals surface area contributed by atoms with Crippen LogP contribution < -0.4 is 5.32 Å². The number of carbonyl (C=O) groups excluding carboxylic acids is 1. The fourth-order valence-electron chi connectivity index (χ4n) is 11.0. The van der Waals surface area contributed by atoms with Gasteiger partial charge in [0.1, 0.15) is 0 Å². The van der Waals surface area contributed by atoms with Crippen LogP contribution in [-0.4, -0.2) is 34.9 Å². The predicted molar refractivity (Wildman–Crippen MR) is 359 cm³/mol. The third-order valence-corrected chi connectivity index (χ3v) is 16.4. The number of aliphatic hydroxyl groups is 2. The van der Waals surface area contributed by atoms with E-state index in [0.29, 0.717) is 6.42 Å². The third-order valence-electron chi connectivity index (χ3n) is 16.4. The number of aliphatic hydroxyl groups excluding tert-OH is 2. The van der Waals surface area contributed by atoms with E-state index in [2.05, 4.69) is 92.1 Å². The van der Waals surface area contributed by atoms with Crippen LogP contribution in [0.1, 0.15) is 373 Å². The minimum absolute atomic E-state index is 0.0594. The molecule has 0 aromatic rings. The van der Waals surface area contributed by atoms with Crippen LogP contribution in [0.3, 0.4) is 0 Å². The monoisotopic (exact) mass is 1110 g/mol. The fourth-order valence-corrected chi connectivity index (χ4v) is 11.0. The minimum Gasteiger partial charge on any atom is -0.394 e. The second-order valence-electron chi connectivity index (χ2n) is 24.3. The van der Waals surface area contributed by atoms with E-state index in [1.54, 1.807) is 6.08 Å². The Morgan fingerprint density at radius 2 is 0.550 bits per heavy atom. The van der Waals surface area contributed by atoms with E-state index in [9.17, 15) is 15.0 Å². The summed E-state index contributed by atoms with van der Waals surface area (Å²) in [7, 11) is 0. The number of nitrogens with one attached hydrogen (secondary N) is 1. The maximum absolute atomic E-state index is 12.6. The fraction of sp³-hybridized carbons (Fsp3) is 0.803. The van der Waals surface area contributed by atoms with Gasteiger partial charge in [-0.1, -0.05) is 381 Å². The van der Waals surface area contributed by atoms with E-state index < -0.39 is 12.1 Å². The summed E-state index contributed by atoms with van der Waals surface area (Å²) in [5, 5.41) is 23.3. The first-order valence-corrected chi connectivity index (χ1v) is 35.8. The van der Waals surface area contributed by atoms with Crippen LogP contribution in [0.5, 0.6) is 0 Å². The number of unbranched alkanes of at least 4 members (excludes halogenated alkanes) is 47. The number of allylic oxidation sites excluding steroid dienone is 13. The Labute approximate surface area is 501 Å². The van der Waals surface area contributed by atoms with E-state index in [4.69, 9.17) is 0 Å². The zero-order valence-corrected chi connectivity index (χ0v) is 53.8. The maximum Gasteiger partial charge on any atom is 0.220 e. The average Bonchev–Trinajstić information content (AvgIpc) is 3.46. The standard InChI is InChI=1S/C76H139NO3/c1-3-5-7-9-11-13-15-17-19-21-23-25-27-29-31-33-35-36-37-38-39-40-42-44-46-48-50-52-54-56-58-60-62-64-66-68-70-72-76(80)77-74(73-78)75(79)71-69-67-65-63-61-59-57-55-53-51-49-47-45-43-41-34-32-30-28-26-24-22-20-18-16-14-12-10-8-6-4-2/h5,7,11,13,17,19,23,25,29,31,35-36,69,71,74-75,78-79H,3-4,6,8-10,12,14-16,18,20-22,24,26-28,30,32-34,37-68,70,72-73H2,1-2H3,(H,77,80)/b7-5-,13-11-,19-17-,25-23-,31-29-,36-35-,71-69+. The summed E-state index contributed by atoms with van der Waals surface area (Å²) in [6.07, 6.45) is 104. The van der Waals surface area contributed by atoms with Gasteiger partial charge < -0.3 is 15.5 Å². The molecular formula is C76H139NO3. The molecule has 80 heavy (non-hydrogen) atoms. The Morgan fingerprint density at radius 3 is 0.825 bits per heavy atom. The Kier molecular flexibility index (Phi) is 68.7. The molecular weight excluding hydrogens is 975 g/mol. The Hall–Kier alpha value is -2.43. The van der Waals surface area contributed by atoms with E-state index in [1.807, 2.05) is 6.08 Å². The smallest absolute Gasteiger partial charge is 0.220 e. The largest absolute Gasteiger partial charge is 0.394 e. The molecule has 0 saturated carbocycles. The molecule has 0 aliphatic rings. The number of rotatable bonds is 66. The van der Waals surface area contributed by atoms with Crippen molar-refractivity contribution in [2.45, 2.75) is 386 Å². The van der Waals surface area contributed by atoms with Gasteiger partial charge in [-0.3, -0.25) is 4.79 Å². The summed E-state index contributed by atoms with van der Waals surface area (Å²) in [6, 6.07) is -0.627. The summed E-state index contributed by atoms with van der Waals surface area (Å²) in [4.78, 5) is 12.6. The first-order valence-electron chi connectivity index (χ1n) is 35.8. The van der Waals surface area contributed by atoms with Crippen LogP contribution in [0, 0.1) is 0 Å². The molecule has 0 bridgehead atoms. The van der Waals surface area contributed by atoms with Crippen molar-refractivity contribution in [1.29, 1.82) is 0 Å². The Morgan fingerprint density at radius 1 is 0.312 bits per heavy atom. The molecule has 0 aliphatic carbocycles. The summed E-state index contributed by atoms with van der Waals surface area (Å²) in [5.74, 6) is -0.0594. The van der Waals surface area contributed by atoms with E-state index in [0.717, 1.165) is 64.2 Å². The molecule has 0 saturated heterocycles. The van der Waals surface area contributed by atoms with Crippen LogP contribution in [0.2, 0.25) is 0 Å². The zero-order valence-electron chi connectivity index (χ0n) is 53.8. The molecule has 4 heteroatoms. The lowest BCUT2D eigenvalue weighted by Gasteiger charge is -2.20. The lowest BCUT2D eigenvalue weighted by Crippen LogP contribution is -2.45. The van der Waals surface area contributed by atoms with Crippen molar-refractivity contribution >= 4 is 5.91 Å². The highest BCUT2D eigenvalue weighted by atomic mass is 16.3. The lowest BCUT2D eigenvalue weighted by molar-refractivity contribution is -0.123. The van der Waals surface area contributed by atoms with Gasteiger partial charge in [0.15, 0.2) is 0 Å². The van der Waals surface area contributed by atoms with Crippen molar-refractivity contribution in [3.8, 4) is 0 Å². The lowest BCUT2D eigenvalue weighted by atomic mass is 10.0. The van der Waals surface area contributed by atoms with Crippen LogP contribution >= 0.6 is 0 Å². The number of carbonyl (C=O) groups is 1. The molecule has 0 radical (unpaired) electrons. The van der Waals surface area contributed by atoms with Gasteiger partial charge in [0.05, 0.1) is 18.8 Å². The van der Waals surface area contributed by atoms with Crippen LogP contribution in [0.4, 0.5) is 0 Å². The molecule has 0 fully saturated rings. The molecule has 4 nitrogen and oxygen atoms in total. The normalized spacial score (nSPS) is 13.2. The summed E-state index contributed by atoms with van der Waals surface area (Å²) >= 11 is 0. The molecule has 466 valence electrons. The van der Waals surface area contributed by atoms with Crippen LogP contribution in [0.15, 0.2) is 85.1 Å². The number of amides is 1. The summed E-state index contributed by atoms with van der Waals surface area (Å²) in [5.41, 5.74) is 0. The van der Waals surface area contributed by atoms with Crippen molar-refractivity contribution in [3.63, 3.8) is 0 Å². The average molecular weight is 1110 g/mol. The number of hydrogen-bond donors (Lipinski definition) is 3. The van der Waals surface area contributed by atoms with Gasteiger partial charge in [-0.15, -0.1) is 0 Å². The molecule has 0 spiro atoms. The highest BCUT2D eigenvalue weighted by molar-refractivity contribution is 5.76. The molecule has 0 rings (SSSR count). The highest BCUT2D eigenvalue weighted by Gasteiger charge is 2.18. The van der Waals surface area contributed by atoms with Crippen molar-refractivity contribution in [2.24, 2.45) is 0 Å². The van der Waals surface area contributed by atoms with Gasteiger partial charge in [-0.2, -0.15) is 0 Å². The molecule has 1 amide bonds. The van der Waals surface area contributed by atoms with Gasteiger partial charge in [-0.25, -0.2) is 0 Å². The first kappa shape index (κ1) is 77.6. The van der Waals surface area contributed by atoms with E-state index in [1.165, 1.54) is 289 Å². The third kappa shape index (κ3) is 66.4. The molecule has 0 aromatic heterocycles. The molecule has 3 N–H and O–H groups in total. The molecule has 0 aliphatic heterocycles. The minimum atomic E-state index is -0.844. The Balaban J connectivity index is 3.45. The maximum atomic E-state index is 12.6. The van der Waals surface area contributed by atoms with Crippen molar-refractivity contribution in [1.82, 2.24) is 5.32 Å². The van der Waals surface area contributed by atoms with Gasteiger partial charge in [0.2, 0.25) is 5.91 Å². The number of hydrogen-bond acceptors (Lipinski definition) is 3. The Bertz CT molecular complexity index is 1400. The van der Waals surface area contributed by atoms with Crippen molar-refractivity contribution < 1.29 is 15.0 Å². The summed E-state index contributed by atoms with van der Waals surface area (Å²) in [6.45, 7) is 4.23. The van der Waals surface area contributed by atoms with Crippen LogP contribution in [-0.2, 0) is 4.79 Å².